The molecule has 0 aromatic heterocycles. The van der Waals surface area contributed by atoms with E-state index in [1.165, 1.54) is 11.8 Å². The van der Waals surface area contributed by atoms with E-state index in [0.29, 0.717) is 18.7 Å². The number of amides is 1. The summed E-state index contributed by atoms with van der Waals surface area (Å²) >= 11 is 1.24. The number of nitrogens with zero attached hydrogens (tertiary/aromatic N) is 2. The second-order valence-electron chi connectivity index (χ2n) is 9.59. The van der Waals surface area contributed by atoms with Crippen LogP contribution >= 0.6 is 11.8 Å². The number of carbonyl (C=O) groups is 3. The molecule has 2 atom stereocenters. The Morgan fingerprint density at radius 3 is 2.11 bits per heavy atom. The highest BCUT2D eigenvalue weighted by Gasteiger charge is 2.40. The van der Waals surface area contributed by atoms with E-state index in [2.05, 4.69) is 0 Å². The molecule has 1 amide bonds. The quantitative estimate of drug-likeness (QED) is 0.616. The summed E-state index contributed by atoms with van der Waals surface area (Å²) in [5, 5.41) is -0.0760. The molecule has 1 fully saturated rings. The topological polar surface area (TPSA) is 76.2 Å². The first kappa shape index (κ1) is 24.8. The third kappa shape index (κ3) is 7.99. The van der Waals surface area contributed by atoms with Crippen LogP contribution in [-0.2, 0) is 19.1 Å². The standard InChI is InChI=1S/C20H36N2O5S/c1-19(2,3)16(23)26-13-14-11-15(27-17(24)20(4,5)6)12-22(14)18(25)28-10-9-21(7)8/h14-15H,9-13H2,1-8H3/t14-,15+/m0/s1. The Labute approximate surface area is 173 Å². The second-order valence-corrected chi connectivity index (χ2v) is 10.6. The predicted molar refractivity (Wildman–Crippen MR) is 111 cm³/mol. The van der Waals surface area contributed by atoms with Crippen LogP contribution in [0.1, 0.15) is 48.0 Å². The van der Waals surface area contributed by atoms with Gasteiger partial charge in [-0.1, -0.05) is 11.8 Å². The highest BCUT2D eigenvalue weighted by atomic mass is 32.2. The molecule has 0 aliphatic carbocycles. The largest absolute Gasteiger partial charge is 0.463 e. The summed E-state index contributed by atoms with van der Waals surface area (Å²) in [5.41, 5.74) is -1.21. The van der Waals surface area contributed by atoms with E-state index in [9.17, 15) is 14.4 Å². The van der Waals surface area contributed by atoms with Gasteiger partial charge in [0, 0.05) is 18.7 Å². The molecule has 1 rings (SSSR count). The van der Waals surface area contributed by atoms with Gasteiger partial charge in [-0.2, -0.15) is 0 Å². The van der Waals surface area contributed by atoms with Crippen molar-refractivity contribution in [3.63, 3.8) is 0 Å². The summed E-state index contributed by atoms with van der Waals surface area (Å²) < 4.78 is 11.1. The van der Waals surface area contributed by atoms with Gasteiger partial charge in [-0.15, -0.1) is 0 Å². The SMILES string of the molecule is CN(C)CCSC(=O)N1C[C@H](OC(=O)C(C)(C)C)C[C@H]1COC(=O)C(C)(C)C. The zero-order valence-corrected chi connectivity index (χ0v) is 19.4. The lowest BCUT2D eigenvalue weighted by Crippen LogP contribution is -2.38. The van der Waals surface area contributed by atoms with E-state index < -0.39 is 10.8 Å². The molecule has 1 saturated heterocycles. The monoisotopic (exact) mass is 416 g/mol. The van der Waals surface area contributed by atoms with E-state index in [4.69, 9.17) is 9.47 Å². The maximum atomic E-state index is 12.7. The van der Waals surface area contributed by atoms with Crippen LogP contribution < -0.4 is 0 Å². The molecule has 0 saturated carbocycles. The van der Waals surface area contributed by atoms with Crippen molar-refractivity contribution in [2.45, 2.75) is 60.1 Å². The van der Waals surface area contributed by atoms with Crippen molar-refractivity contribution in [2.24, 2.45) is 10.8 Å². The second kappa shape index (κ2) is 9.96. The summed E-state index contributed by atoms with van der Waals surface area (Å²) in [4.78, 5) is 40.7. The molecule has 28 heavy (non-hydrogen) atoms. The lowest BCUT2D eigenvalue weighted by atomic mass is 9.97. The molecule has 1 aliphatic rings. The smallest absolute Gasteiger partial charge is 0.311 e. The summed E-state index contributed by atoms with van der Waals surface area (Å²) in [6.07, 6.45) is 0.0858. The van der Waals surface area contributed by atoms with Crippen molar-refractivity contribution < 1.29 is 23.9 Å². The van der Waals surface area contributed by atoms with Gasteiger partial charge in [0.15, 0.2) is 0 Å². The van der Waals surface area contributed by atoms with E-state index in [-0.39, 0.29) is 35.9 Å². The van der Waals surface area contributed by atoms with Crippen LogP contribution in [0, 0.1) is 10.8 Å². The first-order valence-corrected chi connectivity index (χ1v) is 10.7. The third-order valence-corrected chi connectivity index (χ3v) is 5.15. The number of hydrogen-bond donors (Lipinski definition) is 0. The summed E-state index contributed by atoms with van der Waals surface area (Å²) in [5.74, 6) is 0.0660. The molecule has 0 N–H and O–H groups in total. The minimum atomic E-state index is -0.605. The molecule has 162 valence electrons. The molecule has 0 aromatic carbocycles. The van der Waals surface area contributed by atoms with Crippen LogP contribution in [0.3, 0.4) is 0 Å². The summed E-state index contributed by atoms with van der Waals surface area (Å²) in [6.45, 7) is 12.0. The normalized spacial score (nSPS) is 20.4. The fourth-order valence-electron chi connectivity index (χ4n) is 2.46. The number of esters is 2. The first-order chi connectivity index (χ1) is 12.7. The van der Waals surface area contributed by atoms with Crippen LogP contribution in [0.2, 0.25) is 0 Å². The van der Waals surface area contributed by atoms with Gasteiger partial charge in [0.25, 0.3) is 5.24 Å². The van der Waals surface area contributed by atoms with Crippen LogP contribution in [0.25, 0.3) is 0 Å². The van der Waals surface area contributed by atoms with Gasteiger partial charge in [0.05, 0.1) is 23.4 Å². The fourth-order valence-corrected chi connectivity index (χ4v) is 3.48. The van der Waals surface area contributed by atoms with Gasteiger partial charge in [-0.05, 0) is 55.6 Å². The Bertz CT molecular complexity index is 566. The van der Waals surface area contributed by atoms with Gasteiger partial charge in [0.2, 0.25) is 0 Å². The Balaban J connectivity index is 2.77. The number of rotatable bonds is 6. The molecule has 1 heterocycles. The van der Waals surface area contributed by atoms with Gasteiger partial charge >= 0.3 is 11.9 Å². The Hall–Kier alpha value is -1.28. The van der Waals surface area contributed by atoms with Gasteiger partial charge < -0.3 is 19.3 Å². The Morgan fingerprint density at radius 2 is 1.61 bits per heavy atom. The lowest BCUT2D eigenvalue weighted by molar-refractivity contribution is -0.158. The van der Waals surface area contributed by atoms with Crippen LogP contribution in [0.15, 0.2) is 0 Å². The molecule has 0 radical (unpaired) electrons. The molecule has 0 bridgehead atoms. The molecule has 0 aromatic rings. The third-order valence-electron chi connectivity index (χ3n) is 4.28. The molecule has 0 spiro atoms. The Kier molecular flexibility index (Phi) is 8.81. The zero-order chi connectivity index (χ0) is 21.7. The van der Waals surface area contributed by atoms with Crippen molar-refractivity contribution in [2.75, 3.05) is 39.5 Å². The van der Waals surface area contributed by atoms with Crippen molar-refractivity contribution in [3.8, 4) is 0 Å². The van der Waals surface area contributed by atoms with Crippen LogP contribution in [-0.4, -0.2) is 78.7 Å². The van der Waals surface area contributed by atoms with Crippen molar-refractivity contribution >= 4 is 28.9 Å². The number of likely N-dealkylation sites (tertiary alicyclic amines) is 1. The summed E-state index contributed by atoms with van der Waals surface area (Å²) in [7, 11) is 3.91. The average Bonchev–Trinajstić information content (AvgIpc) is 2.93. The number of carbonyl (C=O) groups excluding carboxylic acids is 3. The fraction of sp³-hybridized carbons (Fsp3) is 0.850. The first-order valence-electron chi connectivity index (χ1n) is 9.68. The molecule has 8 heteroatoms. The van der Waals surface area contributed by atoms with Gasteiger partial charge in [-0.25, -0.2) is 0 Å². The zero-order valence-electron chi connectivity index (χ0n) is 18.5. The molecule has 7 nitrogen and oxygen atoms in total. The minimum Gasteiger partial charge on any atom is -0.463 e. The van der Waals surface area contributed by atoms with Crippen molar-refractivity contribution in [3.05, 3.63) is 0 Å². The highest BCUT2D eigenvalue weighted by molar-refractivity contribution is 8.13. The van der Waals surface area contributed by atoms with E-state index >= 15 is 0 Å². The number of hydrogen-bond acceptors (Lipinski definition) is 7. The van der Waals surface area contributed by atoms with Crippen LogP contribution in [0.4, 0.5) is 4.79 Å². The maximum Gasteiger partial charge on any atom is 0.311 e. The lowest BCUT2D eigenvalue weighted by Gasteiger charge is -2.25. The maximum absolute atomic E-state index is 12.7. The number of ether oxygens (including phenoxy) is 2. The van der Waals surface area contributed by atoms with Crippen LogP contribution in [0.5, 0.6) is 0 Å². The van der Waals surface area contributed by atoms with E-state index in [1.807, 2.05) is 19.0 Å². The van der Waals surface area contributed by atoms with Crippen molar-refractivity contribution in [1.82, 2.24) is 9.80 Å². The van der Waals surface area contributed by atoms with Gasteiger partial charge in [-0.3, -0.25) is 14.4 Å². The molecular formula is C20H36N2O5S. The minimum absolute atomic E-state index is 0.0760. The van der Waals surface area contributed by atoms with Gasteiger partial charge in [0.1, 0.15) is 12.7 Å². The van der Waals surface area contributed by atoms with E-state index in [1.54, 1.807) is 46.4 Å². The Morgan fingerprint density at radius 1 is 1.04 bits per heavy atom. The van der Waals surface area contributed by atoms with Crippen molar-refractivity contribution in [1.29, 1.82) is 0 Å². The summed E-state index contributed by atoms with van der Waals surface area (Å²) in [6, 6.07) is -0.288. The average molecular weight is 417 g/mol. The predicted octanol–water partition coefficient (Wildman–Crippen LogP) is 3.02. The number of thioether (sulfide) groups is 1. The molecular weight excluding hydrogens is 380 g/mol. The molecule has 1 aliphatic heterocycles. The van der Waals surface area contributed by atoms with E-state index in [0.717, 1.165) is 6.54 Å². The highest BCUT2D eigenvalue weighted by Crippen LogP contribution is 2.28. The molecule has 0 unspecified atom stereocenters.